The van der Waals surface area contributed by atoms with Crippen molar-refractivity contribution in [2.24, 2.45) is 10.9 Å². The molecule has 1 aromatic carbocycles. The third-order valence-corrected chi connectivity index (χ3v) is 5.41. The molecule has 3 rings (SSSR count). The van der Waals surface area contributed by atoms with Crippen LogP contribution in [0.3, 0.4) is 0 Å². The lowest BCUT2D eigenvalue weighted by Crippen LogP contribution is -2.46. The number of amides is 1. The van der Waals surface area contributed by atoms with Crippen molar-refractivity contribution in [1.82, 2.24) is 20.9 Å². The molecule has 8 heteroatoms. The number of nitrogens with zero attached hydrogens (tertiary/aromatic N) is 3. The number of para-hydroxylation sites is 1. The molecular formula is C22H37IN6O. The summed E-state index contributed by atoms with van der Waals surface area (Å²) >= 11 is 0. The van der Waals surface area contributed by atoms with E-state index in [0.29, 0.717) is 13.1 Å². The standard InChI is InChI=1S/C22H36N6O.HI/c1-2-23-22(26-13-12-24-21(29)19-9-10-19)25-11-6-14-27-15-17-28(18-16-27)20-7-4-3-5-8-20;/h3-5,7-8,19H,2,6,9-18H2,1H3,(H,24,29)(H2,23,25,26);1H. The smallest absolute Gasteiger partial charge is 0.223 e. The van der Waals surface area contributed by atoms with Crippen molar-refractivity contribution in [3.8, 4) is 0 Å². The van der Waals surface area contributed by atoms with Crippen molar-refractivity contribution in [2.75, 3.05) is 63.8 Å². The largest absolute Gasteiger partial charge is 0.369 e. The first-order valence-corrected chi connectivity index (χ1v) is 11.1. The second-order valence-corrected chi connectivity index (χ2v) is 7.77. The minimum atomic E-state index is 0. The van der Waals surface area contributed by atoms with Gasteiger partial charge in [-0.25, -0.2) is 0 Å². The second-order valence-electron chi connectivity index (χ2n) is 7.77. The van der Waals surface area contributed by atoms with Crippen LogP contribution in [0.5, 0.6) is 0 Å². The van der Waals surface area contributed by atoms with Crippen LogP contribution < -0.4 is 20.9 Å². The molecule has 0 unspecified atom stereocenters. The van der Waals surface area contributed by atoms with Crippen LogP contribution in [0.15, 0.2) is 35.3 Å². The van der Waals surface area contributed by atoms with Gasteiger partial charge in [-0.15, -0.1) is 24.0 Å². The lowest BCUT2D eigenvalue weighted by molar-refractivity contribution is -0.122. The number of halogens is 1. The maximum atomic E-state index is 11.6. The third-order valence-electron chi connectivity index (χ3n) is 5.41. The van der Waals surface area contributed by atoms with Crippen molar-refractivity contribution < 1.29 is 4.79 Å². The Labute approximate surface area is 198 Å². The Morgan fingerprint density at radius 1 is 1.03 bits per heavy atom. The van der Waals surface area contributed by atoms with Gasteiger partial charge in [-0.1, -0.05) is 18.2 Å². The molecule has 7 nitrogen and oxygen atoms in total. The Morgan fingerprint density at radius 3 is 2.40 bits per heavy atom. The Kier molecular flexibility index (Phi) is 11.3. The first-order chi connectivity index (χ1) is 14.3. The van der Waals surface area contributed by atoms with Crippen molar-refractivity contribution in [3.05, 3.63) is 30.3 Å². The van der Waals surface area contributed by atoms with Crippen LogP contribution in [0, 0.1) is 5.92 Å². The fraction of sp³-hybridized carbons (Fsp3) is 0.636. The van der Waals surface area contributed by atoms with Crippen LogP contribution in [0.1, 0.15) is 26.2 Å². The van der Waals surface area contributed by atoms with E-state index in [1.54, 1.807) is 0 Å². The zero-order valence-electron chi connectivity index (χ0n) is 18.1. The molecule has 2 fully saturated rings. The highest BCUT2D eigenvalue weighted by Crippen LogP contribution is 2.28. The molecule has 30 heavy (non-hydrogen) atoms. The summed E-state index contributed by atoms with van der Waals surface area (Å²) in [7, 11) is 0. The van der Waals surface area contributed by atoms with E-state index in [1.165, 1.54) is 5.69 Å². The highest BCUT2D eigenvalue weighted by molar-refractivity contribution is 14.0. The first-order valence-electron chi connectivity index (χ1n) is 11.1. The Hall–Kier alpha value is -1.55. The number of guanidine groups is 1. The van der Waals surface area contributed by atoms with Gasteiger partial charge in [-0.2, -0.15) is 0 Å². The number of hydrogen-bond donors (Lipinski definition) is 3. The highest BCUT2D eigenvalue weighted by Gasteiger charge is 2.28. The number of aliphatic imine (C=N–C) groups is 1. The molecule has 0 spiro atoms. The molecule has 0 bridgehead atoms. The maximum Gasteiger partial charge on any atom is 0.223 e. The fourth-order valence-electron chi connectivity index (χ4n) is 3.55. The van der Waals surface area contributed by atoms with E-state index in [2.05, 4.69) is 68.0 Å². The number of anilines is 1. The quantitative estimate of drug-likeness (QED) is 0.187. The number of hydrogen-bond acceptors (Lipinski definition) is 4. The number of rotatable bonds is 10. The summed E-state index contributed by atoms with van der Waals surface area (Å²) in [5.74, 6) is 1.30. The van der Waals surface area contributed by atoms with Crippen LogP contribution in [0.2, 0.25) is 0 Å². The molecule has 0 radical (unpaired) electrons. The predicted octanol–water partition coefficient (Wildman–Crippen LogP) is 1.90. The summed E-state index contributed by atoms with van der Waals surface area (Å²) in [4.78, 5) is 21.3. The average Bonchev–Trinajstić information content (AvgIpc) is 3.60. The van der Waals surface area contributed by atoms with E-state index < -0.39 is 0 Å². The van der Waals surface area contributed by atoms with Gasteiger partial charge in [0.1, 0.15) is 0 Å². The van der Waals surface area contributed by atoms with E-state index in [9.17, 15) is 4.79 Å². The molecule has 168 valence electrons. The number of piperazine rings is 1. The van der Waals surface area contributed by atoms with Gasteiger partial charge < -0.3 is 20.9 Å². The predicted molar refractivity (Wildman–Crippen MR) is 135 cm³/mol. The van der Waals surface area contributed by atoms with Gasteiger partial charge in [0.15, 0.2) is 5.96 Å². The summed E-state index contributed by atoms with van der Waals surface area (Å²) in [6.07, 6.45) is 3.15. The number of benzene rings is 1. The fourth-order valence-corrected chi connectivity index (χ4v) is 3.55. The maximum absolute atomic E-state index is 11.6. The summed E-state index contributed by atoms with van der Waals surface area (Å²) in [6.45, 7) is 10.5. The summed E-state index contributed by atoms with van der Waals surface area (Å²) in [5.41, 5.74) is 1.33. The molecule has 3 N–H and O–H groups in total. The lowest BCUT2D eigenvalue weighted by Gasteiger charge is -2.36. The number of carbonyl (C=O) groups is 1. The van der Waals surface area contributed by atoms with E-state index >= 15 is 0 Å². The van der Waals surface area contributed by atoms with E-state index in [0.717, 1.165) is 71.0 Å². The van der Waals surface area contributed by atoms with Crippen molar-refractivity contribution in [2.45, 2.75) is 26.2 Å². The van der Waals surface area contributed by atoms with Crippen LogP contribution in [0.4, 0.5) is 5.69 Å². The second kappa shape index (κ2) is 13.7. The lowest BCUT2D eigenvalue weighted by atomic mass is 10.2. The van der Waals surface area contributed by atoms with Gasteiger partial charge in [0.05, 0.1) is 0 Å². The molecule has 1 aliphatic carbocycles. The molecule has 2 aliphatic rings. The molecule has 0 aromatic heterocycles. The SMILES string of the molecule is CCNC(=NCCCN1CCN(c2ccccc2)CC1)NCCNC(=O)C1CC1.I. The van der Waals surface area contributed by atoms with Crippen LogP contribution in [0.25, 0.3) is 0 Å². The summed E-state index contributed by atoms with van der Waals surface area (Å²) in [6, 6.07) is 10.7. The Balaban J connectivity index is 0.00000320. The summed E-state index contributed by atoms with van der Waals surface area (Å²) < 4.78 is 0. The molecule has 1 saturated heterocycles. The van der Waals surface area contributed by atoms with Crippen LogP contribution in [-0.4, -0.2) is 75.7 Å². The monoisotopic (exact) mass is 528 g/mol. The Bertz CT molecular complexity index is 644. The molecule has 1 aliphatic heterocycles. The van der Waals surface area contributed by atoms with E-state index in [4.69, 9.17) is 0 Å². The van der Waals surface area contributed by atoms with Gasteiger partial charge >= 0.3 is 0 Å². The first kappa shape index (κ1) is 24.7. The molecular weight excluding hydrogens is 491 g/mol. The summed E-state index contributed by atoms with van der Waals surface area (Å²) in [5, 5.41) is 9.55. The highest BCUT2D eigenvalue weighted by atomic mass is 127. The van der Waals surface area contributed by atoms with E-state index in [-0.39, 0.29) is 35.8 Å². The van der Waals surface area contributed by atoms with Crippen molar-refractivity contribution in [1.29, 1.82) is 0 Å². The molecule has 0 atom stereocenters. The third kappa shape index (κ3) is 8.67. The van der Waals surface area contributed by atoms with Gasteiger partial charge in [0.2, 0.25) is 5.91 Å². The van der Waals surface area contributed by atoms with Crippen molar-refractivity contribution >= 4 is 41.5 Å². The minimum Gasteiger partial charge on any atom is -0.369 e. The van der Waals surface area contributed by atoms with Gasteiger partial charge in [-0.3, -0.25) is 14.7 Å². The topological polar surface area (TPSA) is 72.0 Å². The normalized spacial score (nSPS) is 17.2. The molecule has 1 amide bonds. The number of nitrogens with one attached hydrogen (secondary N) is 3. The van der Waals surface area contributed by atoms with E-state index in [1.807, 2.05) is 0 Å². The van der Waals surface area contributed by atoms with Crippen LogP contribution >= 0.6 is 24.0 Å². The number of carbonyl (C=O) groups excluding carboxylic acids is 1. The average molecular weight is 528 g/mol. The van der Waals surface area contributed by atoms with Crippen LogP contribution in [-0.2, 0) is 4.79 Å². The van der Waals surface area contributed by atoms with Crippen molar-refractivity contribution in [3.63, 3.8) is 0 Å². The Morgan fingerprint density at radius 2 is 1.73 bits per heavy atom. The van der Waals surface area contributed by atoms with Gasteiger partial charge in [0, 0.05) is 70.5 Å². The molecule has 1 heterocycles. The zero-order chi connectivity index (χ0) is 20.3. The zero-order valence-corrected chi connectivity index (χ0v) is 20.4. The molecule has 1 aromatic rings. The minimum absolute atomic E-state index is 0. The van der Waals surface area contributed by atoms with Gasteiger partial charge in [0.25, 0.3) is 0 Å². The van der Waals surface area contributed by atoms with Gasteiger partial charge in [-0.05, 0) is 38.3 Å². The molecule has 1 saturated carbocycles.